The molecule has 24 heavy (non-hydrogen) atoms. The number of sulfonamides is 1. The second-order valence-electron chi connectivity index (χ2n) is 4.75. The predicted molar refractivity (Wildman–Crippen MR) is 93.2 cm³/mol. The minimum Gasteiger partial charge on any atom is -0.462 e. The summed E-state index contributed by atoms with van der Waals surface area (Å²) < 4.78 is 31.7. The topological polar surface area (TPSA) is 92.8 Å². The van der Waals surface area contributed by atoms with E-state index in [4.69, 9.17) is 4.74 Å². The molecule has 7 nitrogen and oxygen atoms in total. The van der Waals surface area contributed by atoms with Crippen molar-refractivity contribution in [3.8, 4) is 0 Å². The van der Waals surface area contributed by atoms with E-state index in [2.05, 4.69) is 21.2 Å². The SMILES string of the molecule is CCNC(=O)CN(CC)S(=O)(=O)c1ccc(C(=O)OCC)cc1Br. The van der Waals surface area contributed by atoms with Crippen molar-refractivity contribution in [2.45, 2.75) is 25.7 Å². The fourth-order valence-electron chi connectivity index (χ4n) is 1.97. The van der Waals surface area contributed by atoms with Crippen molar-refractivity contribution in [3.63, 3.8) is 0 Å². The van der Waals surface area contributed by atoms with Gasteiger partial charge in [-0.25, -0.2) is 13.2 Å². The van der Waals surface area contributed by atoms with Gasteiger partial charge in [-0.3, -0.25) is 4.79 Å². The summed E-state index contributed by atoms with van der Waals surface area (Å²) >= 11 is 3.18. The average molecular weight is 421 g/mol. The fourth-order valence-corrected chi connectivity index (χ4v) is 4.41. The molecule has 0 radical (unpaired) electrons. The number of hydrogen-bond acceptors (Lipinski definition) is 5. The third-order valence-corrected chi connectivity index (χ3v) is 6.00. The number of carbonyl (C=O) groups excluding carboxylic acids is 2. The van der Waals surface area contributed by atoms with Crippen LogP contribution >= 0.6 is 15.9 Å². The van der Waals surface area contributed by atoms with E-state index < -0.39 is 16.0 Å². The van der Waals surface area contributed by atoms with Crippen LogP contribution in [-0.2, 0) is 19.6 Å². The number of esters is 1. The van der Waals surface area contributed by atoms with Crippen LogP contribution in [0, 0.1) is 0 Å². The molecule has 1 aromatic rings. The Labute approximate surface area is 150 Å². The van der Waals surface area contributed by atoms with Crippen LogP contribution < -0.4 is 5.32 Å². The molecule has 0 fully saturated rings. The van der Waals surface area contributed by atoms with Crippen LogP contribution in [0.3, 0.4) is 0 Å². The largest absolute Gasteiger partial charge is 0.462 e. The molecule has 0 aromatic heterocycles. The second kappa shape index (κ2) is 9.14. The third-order valence-electron chi connectivity index (χ3n) is 3.11. The Morgan fingerprint density at radius 3 is 2.42 bits per heavy atom. The van der Waals surface area contributed by atoms with Gasteiger partial charge in [0.2, 0.25) is 15.9 Å². The number of halogens is 1. The molecule has 0 heterocycles. The van der Waals surface area contributed by atoms with E-state index >= 15 is 0 Å². The molecule has 0 aliphatic carbocycles. The summed E-state index contributed by atoms with van der Waals surface area (Å²) in [7, 11) is -3.88. The lowest BCUT2D eigenvalue weighted by molar-refractivity contribution is -0.121. The quantitative estimate of drug-likeness (QED) is 0.646. The molecule has 0 aliphatic rings. The predicted octanol–water partition coefficient (Wildman–Crippen LogP) is 1.77. The molecule has 1 N–H and O–H groups in total. The molecule has 0 saturated carbocycles. The van der Waals surface area contributed by atoms with Crippen molar-refractivity contribution in [1.82, 2.24) is 9.62 Å². The highest BCUT2D eigenvalue weighted by molar-refractivity contribution is 9.10. The van der Waals surface area contributed by atoms with Crippen LogP contribution in [0.5, 0.6) is 0 Å². The molecule has 0 spiro atoms. The number of rotatable bonds is 8. The number of carbonyl (C=O) groups is 2. The summed E-state index contributed by atoms with van der Waals surface area (Å²) in [6.07, 6.45) is 0. The van der Waals surface area contributed by atoms with Gasteiger partial charge in [0.25, 0.3) is 0 Å². The zero-order valence-electron chi connectivity index (χ0n) is 13.8. The van der Waals surface area contributed by atoms with Crippen LogP contribution in [0.25, 0.3) is 0 Å². The summed E-state index contributed by atoms with van der Waals surface area (Å²) in [5.74, 6) is -0.904. The lowest BCUT2D eigenvalue weighted by Gasteiger charge is -2.20. The minimum absolute atomic E-state index is 0.0123. The molecule has 0 saturated heterocycles. The molecule has 1 amide bonds. The van der Waals surface area contributed by atoms with Gasteiger partial charge in [0.15, 0.2) is 0 Å². The number of nitrogens with one attached hydrogen (secondary N) is 1. The molecule has 134 valence electrons. The van der Waals surface area contributed by atoms with Crippen LogP contribution in [0.15, 0.2) is 27.6 Å². The van der Waals surface area contributed by atoms with Gasteiger partial charge in [-0.1, -0.05) is 6.92 Å². The van der Waals surface area contributed by atoms with Crippen molar-refractivity contribution in [2.24, 2.45) is 0 Å². The molecule has 0 atom stereocenters. The van der Waals surface area contributed by atoms with Crippen LogP contribution in [-0.4, -0.2) is 50.8 Å². The number of nitrogens with zero attached hydrogens (tertiary/aromatic N) is 1. The first-order chi connectivity index (χ1) is 11.3. The van der Waals surface area contributed by atoms with Crippen molar-refractivity contribution < 1.29 is 22.7 Å². The zero-order chi connectivity index (χ0) is 18.3. The molecular formula is C15H21BrN2O5S. The summed E-state index contributed by atoms with van der Waals surface area (Å²) in [6.45, 7) is 5.63. The van der Waals surface area contributed by atoms with E-state index in [1.54, 1.807) is 20.8 Å². The highest BCUT2D eigenvalue weighted by atomic mass is 79.9. The highest BCUT2D eigenvalue weighted by Crippen LogP contribution is 2.26. The first-order valence-corrected chi connectivity index (χ1v) is 9.74. The summed E-state index contributed by atoms with van der Waals surface area (Å²) in [6, 6.07) is 4.10. The average Bonchev–Trinajstić information content (AvgIpc) is 2.52. The Morgan fingerprint density at radius 1 is 1.25 bits per heavy atom. The van der Waals surface area contributed by atoms with Crippen molar-refractivity contribution >= 4 is 37.8 Å². The highest BCUT2D eigenvalue weighted by Gasteiger charge is 2.27. The standard InChI is InChI=1S/C15H21BrN2O5S/c1-4-17-14(19)10-18(5-2)24(21,22)13-8-7-11(9-12(13)16)15(20)23-6-3/h7-9H,4-6,10H2,1-3H3,(H,17,19). The fraction of sp³-hybridized carbons (Fsp3) is 0.467. The molecule has 0 unspecified atom stereocenters. The summed E-state index contributed by atoms with van der Waals surface area (Å²) in [5, 5.41) is 2.57. The van der Waals surface area contributed by atoms with E-state index in [-0.39, 0.29) is 40.5 Å². The maximum Gasteiger partial charge on any atom is 0.338 e. The van der Waals surface area contributed by atoms with Crippen LogP contribution in [0.1, 0.15) is 31.1 Å². The van der Waals surface area contributed by atoms with E-state index in [9.17, 15) is 18.0 Å². The lowest BCUT2D eigenvalue weighted by atomic mass is 10.2. The van der Waals surface area contributed by atoms with Crippen molar-refractivity contribution in [3.05, 3.63) is 28.2 Å². The molecular weight excluding hydrogens is 400 g/mol. The Morgan fingerprint density at radius 2 is 1.92 bits per heavy atom. The van der Waals surface area contributed by atoms with E-state index in [1.807, 2.05) is 0 Å². The van der Waals surface area contributed by atoms with Gasteiger partial charge in [0, 0.05) is 17.6 Å². The first kappa shape index (κ1) is 20.6. The molecule has 0 aliphatic heterocycles. The van der Waals surface area contributed by atoms with Gasteiger partial charge < -0.3 is 10.1 Å². The van der Waals surface area contributed by atoms with Crippen LogP contribution in [0.4, 0.5) is 0 Å². The maximum atomic E-state index is 12.7. The number of hydrogen-bond donors (Lipinski definition) is 1. The Hall–Kier alpha value is -1.45. The Kier molecular flexibility index (Phi) is 7.85. The summed E-state index contributed by atoms with van der Waals surface area (Å²) in [5.41, 5.74) is 0.245. The number of amides is 1. The smallest absolute Gasteiger partial charge is 0.338 e. The number of benzene rings is 1. The van der Waals surface area contributed by atoms with Gasteiger partial charge in [0.05, 0.1) is 23.6 Å². The van der Waals surface area contributed by atoms with Gasteiger partial charge in [0.1, 0.15) is 0 Å². The molecule has 1 aromatic carbocycles. The van der Waals surface area contributed by atoms with Crippen molar-refractivity contribution in [1.29, 1.82) is 0 Å². The lowest BCUT2D eigenvalue weighted by Crippen LogP contribution is -2.40. The van der Waals surface area contributed by atoms with E-state index in [0.29, 0.717) is 6.54 Å². The second-order valence-corrected chi connectivity index (χ2v) is 7.51. The molecule has 1 rings (SSSR count). The van der Waals surface area contributed by atoms with E-state index in [0.717, 1.165) is 4.31 Å². The first-order valence-electron chi connectivity index (χ1n) is 7.51. The normalized spacial score (nSPS) is 11.4. The van der Waals surface area contributed by atoms with Gasteiger partial charge in [-0.15, -0.1) is 0 Å². The van der Waals surface area contributed by atoms with Gasteiger partial charge >= 0.3 is 5.97 Å². The third kappa shape index (κ3) is 5.02. The van der Waals surface area contributed by atoms with Crippen molar-refractivity contribution in [2.75, 3.05) is 26.2 Å². The number of ether oxygens (including phenoxy) is 1. The van der Waals surface area contributed by atoms with Crippen LogP contribution in [0.2, 0.25) is 0 Å². The Bertz CT molecular complexity index is 706. The Balaban J connectivity index is 3.13. The van der Waals surface area contributed by atoms with E-state index in [1.165, 1.54) is 18.2 Å². The molecule has 9 heteroatoms. The van der Waals surface area contributed by atoms with Gasteiger partial charge in [-0.05, 0) is 48.0 Å². The minimum atomic E-state index is -3.88. The molecule has 0 bridgehead atoms. The monoisotopic (exact) mass is 420 g/mol. The maximum absolute atomic E-state index is 12.7. The van der Waals surface area contributed by atoms with Gasteiger partial charge in [-0.2, -0.15) is 4.31 Å². The summed E-state index contributed by atoms with van der Waals surface area (Å²) in [4.78, 5) is 23.4. The zero-order valence-corrected chi connectivity index (χ0v) is 16.2. The number of likely N-dealkylation sites (N-methyl/N-ethyl adjacent to an activating group) is 2.